The molecule has 0 unspecified atom stereocenters. The van der Waals surface area contributed by atoms with Crippen molar-refractivity contribution in [2.24, 2.45) is 0 Å². The van der Waals surface area contributed by atoms with Gasteiger partial charge in [0.2, 0.25) is 5.82 Å². The Morgan fingerprint density at radius 1 is 1.36 bits per heavy atom. The Hall–Kier alpha value is -2.85. The van der Waals surface area contributed by atoms with E-state index in [0.717, 1.165) is 11.4 Å². The molecule has 4 heterocycles. The van der Waals surface area contributed by atoms with Crippen LogP contribution in [0.5, 0.6) is 0 Å². The molecule has 10 heteroatoms. The number of aryl methyl sites for hydroxylation is 1. The van der Waals surface area contributed by atoms with Crippen LogP contribution in [-0.4, -0.2) is 63.5 Å². The van der Waals surface area contributed by atoms with Gasteiger partial charge in [-0.05, 0) is 19.1 Å². The number of hydrogen-bond acceptors (Lipinski definition) is 7. The van der Waals surface area contributed by atoms with Gasteiger partial charge in [-0.15, -0.1) is 10.2 Å². The third kappa shape index (κ3) is 2.65. The van der Waals surface area contributed by atoms with Crippen LogP contribution in [0.4, 0.5) is 0 Å². The molecule has 1 aliphatic heterocycles. The summed E-state index contributed by atoms with van der Waals surface area (Å²) in [5.41, 5.74) is 2.00. The summed E-state index contributed by atoms with van der Waals surface area (Å²) >= 11 is 0. The van der Waals surface area contributed by atoms with Gasteiger partial charge in [0.05, 0.1) is 31.1 Å². The molecule has 0 fully saturated rings. The summed E-state index contributed by atoms with van der Waals surface area (Å²) in [4.78, 5) is 18.7. The van der Waals surface area contributed by atoms with E-state index in [1.165, 1.54) is 0 Å². The van der Waals surface area contributed by atoms with Crippen molar-refractivity contribution in [2.75, 3.05) is 13.2 Å². The molecule has 3 aromatic heterocycles. The maximum Gasteiger partial charge on any atom is 0.292 e. The van der Waals surface area contributed by atoms with Crippen molar-refractivity contribution in [1.82, 2.24) is 34.3 Å². The first-order valence-electron chi connectivity index (χ1n) is 7.90. The fourth-order valence-electron chi connectivity index (χ4n) is 2.88. The minimum Gasteiger partial charge on any atom is -0.393 e. The fraction of sp³-hybridized carbons (Fsp3) is 0.400. The van der Waals surface area contributed by atoms with Crippen LogP contribution in [0.15, 0.2) is 18.3 Å². The Bertz CT molecular complexity index is 948. The predicted molar refractivity (Wildman–Crippen MR) is 84.5 cm³/mol. The van der Waals surface area contributed by atoms with Gasteiger partial charge in [-0.1, -0.05) is 0 Å². The minimum absolute atomic E-state index is 0.214. The fourth-order valence-corrected chi connectivity index (χ4v) is 2.88. The molecule has 25 heavy (non-hydrogen) atoms. The number of rotatable bonds is 3. The van der Waals surface area contributed by atoms with Gasteiger partial charge in [-0.25, -0.2) is 4.98 Å². The van der Waals surface area contributed by atoms with Gasteiger partial charge in [0.15, 0.2) is 0 Å². The van der Waals surface area contributed by atoms with Gasteiger partial charge in [0.1, 0.15) is 6.10 Å². The molecule has 3 aromatic rings. The van der Waals surface area contributed by atoms with Crippen molar-refractivity contribution in [3.05, 3.63) is 41.2 Å². The number of aromatic nitrogens is 6. The first-order chi connectivity index (χ1) is 12.1. The Morgan fingerprint density at radius 2 is 2.20 bits per heavy atom. The van der Waals surface area contributed by atoms with Crippen molar-refractivity contribution in [3.8, 4) is 0 Å². The van der Waals surface area contributed by atoms with Crippen LogP contribution >= 0.6 is 0 Å². The maximum absolute atomic E-state index is 12.8. The Balaban J connectivity index is 1.60. The topological polar surface area (TPSA) is 122 Å². The van der Waals surface area contributed by atoms with E-state index in [9.17, 15) is 9.90 Å². The van der Waals surface area contributed by atoms with Crippen LogP contribution in [0.1, 0.15) is 33.8 Å². The molecule has 0 saturated heterocycles. The maximum atomic E-state index is 12.8. The second-order valence-electron chi connectivity index (χ2n) is 5.97. The van der Waals surface area contributed by atoms with E-state index in [4.69, 9.17) is 5.11 Å². The van der Waals surface area contributed by atoms with E-state index in [2.05, 4.69) is 20.3 Å². The molecule has 0 spiro atoms. The molecule has 2 N–H and O–H groups in total. The number of aliphatic hydroxyl groups excluding tert-OH is 2. The highest BCUT2D eigenvalue weighted by Crippen LogP contribution is 2.19. The summed E-state index contributed by atoms with van der Waals surface area (Å²) < 4.78 is 3.31. The molecule has 1 atom stereocenters. The number of fused-ring (bicyclic) bond motifs is 2. The van der Waals surface area contributed by atoms with Crippen molar-refractivity contribution < 1.29 is 15.0 Å². The summed E-state index contributed by atoms with van der Waals surface area (Å²) in [6, 6.07) is 3.49. The van der Waals surface area contributed by atoms with Crippen LogP contribution in [0, 0.1) is 6.92 Å². The average molecular weight is 343 g/mol. The lowest BCUT2D eigenvalue weighted by Crippen LogP contribution is -2.39. The number of carbonyl (C=O) groups is 1. The van der Waals surface area contributed by atoms with Gasteiger partial charge in [0, 0.05) is 18.4 Å². The number of carbonyl (C=O) groups excluding carboxylic acids is 1. The van der Waals surface area contributed by atoms with E-state index in [1.807, 2.05) is 6.92 Å². The lowest BCUT2D eigenvalue weighted by molar-refractivity contribution is 0.0691. The van der Waals surface area contributed by atoms with E-state index in [1.54, 1.807) is 32.3 Å². The largest absolute Gasteiger partial charge is 0.393 e. The highest BCUT2D eigenvalue weighted by molar-refractivity contribution is 5.91. The number of hydrogen-bond donors (Lipinski definition) is 2. The van der Waals surface area contributed by atoms with E-state index >= 15 is 0 Å². The zero-order valence-electron chi connectivity index (χ0n) is 13.6. The van der Waals surface area contributed by atoms with Crippen molar-refractivity contribution in [2.45, 2.75) is 26.1 Å². The van der Waals surface area contributed by atoms with Gasteiger partial charge >= 0.3 is 0 Å². The lowest BCUT2D eigenvalue weighted by Gasteiger charge is -2.26. The van der Waals surface area contributed by atoms with Gasteiger partial charge in [0.25, 0.3) is 11.7 Å². The lowest BCUT2D eigenvalue weighted by atomic mass is 10.2. The van der Waals surface area contributed by atoms with Crippen LogP contribution in [0.2, 0.25) is 0 Å². The van der Waals surface area contributed by atoms with Crippen molar-refractivity contribution in [1.29, 1.82) is 0 Å². The second kappa shape index (κ2) is 5.90. The van der Waals surface area contributed by atoms with Crippen LogP contribution in [0.3, 0.4) is 0 Å². The predicted octanol–water partition coefficient (Wildman–Crippen LogP) is -0.689. The van der Waals surface area contributed by atoms with Crippen molar-refractivity contribution in [3.63, 3.8) is 0 Å². The minimum atomic E-state index is -1.02. The third-order valence-corrected chi connectivity index (χ3v) is 4.23. The molecule has 0 saturated carbocycles. The normalized spacial score (nSPS) is 15.4. The first kappa shape index (κ1) is 15.7. The molecule has 1 aliphatic rings. The average Bonchev–Trinajstić information content (AvgIpc) is 3.23. The van der Waals surface area contributed by atoms with Gasteiger partial charge < -0.3 is 15.1 Å². The Kier molecular flexibility index (Phi) is 3.70. The summed E-state index contributed by atoms with van der Waals surface area (Å²) in [5.74, 6) is 0.361. The second-order valence-corrected chi connectivity index (χ2v) is 5.97. The SMILES string of the molecule is Cc1ccn2c(C(=O)N3CCn4nc([C@H](O)CO)cc4C3)nnc2n1. The number of aliphatic hydroxyl groups is 2. The third-order valence-electron chi connectivity index (χ3n) is 4.23. The first-order valence-corrected chi connectivity index (χ1v) is 7.90. The Morgan fingerprint density at radius 3 is 3.00 bits per heavy atom. The van der Waals surface area contributed by atoms with E-state index in [0.29, 0.717) is 31.1 Å². The molecule has 1 amide bonds. The molecule has 0 aliphatic carbocycles. The molecule has 130 valence electrons. The van der Waals surface area contributed by atoms with Crippen LogP contribution < -0.4 is 0 Å². The molecular formula is C15H17N7O3. The van der Waals surface area contributed by atoms with E-state index in [-0.39, 0.29) is 11.7 Å². The van der Waals surface area contributed by atoms with Gasteiger partial charge in [-0.3, -0.25) is 13.9 Å². The van der Waals surface area contributed by atoms with E-state index < -0.39 is 12.7 Å². The summed E-state index contributed by atoms with van der Waals surface area (Å²) in [5, 5.41) is 31.0. The summed E-state index contributed by atoms with van der Waals surface area (Å²) in [6.45, 7) is 2.78. The zero-order valence-corrected chi connectivity index (χ0v) is 13.6. The molecule has 10 nitrogen and oxygen atoms in total. The highest BCUT2D eigenvalue weighted by atomic mass is 16.3. The Labute approximate surface area is 142 Å². The monoisotopic (exact) mass is 343 g/mol. The standard InChI is InChI=1S/C15H17N7O3/c1-9-2-3-21-13(17-18-15(21)16-9)14(25)20-4-5-22-10(7-20)6-11(19-22)12(24)8-23/h2-3,6,12,23-24H,4-5,7-8H2,1H3/t12-/m1/s1. The summed E-state index contributed by atoms with van der Waals surface area (Å²) in [6.07, 6.45) is 0.714. The molecule has 0 bridgehead atoms. The molecular weight excluding hydrogens is 326 g/mol. The molecule has 0 aromatic carbocycles. The zero-order chi connectivity index (χ0) is 17.6. The molecule has 4 rings (SSSR count). The smallest absolute Gasteiger partial charge is 0.292 e. The van der Waals surface area contributed by atoms with Crippen LogP contribution in [0.25, 0.3) is 5.78 Å². The quantitative estimate of drug-likeness (QED) is 0.645. The molecule has 0 radical (unpaired) electrons. The van der Waals surface area contributed by atoms with Crippen molar-refractivity contribution >= 4 is 11.7 Å². The van der Waals surface area contributed by atoms with Gasteiger partial charge in [-0.2, -0.15) is 5.10 Å². The highest BCUT2D eigenvalue weighted by Gasteiger charge is 2.27. The summed E-state index contributed by atoms with van der Waals surface area (Å²) in [7, 11) is 0. The van der Waals surface area contributed by atoms with Crippen LogP contribution in [-0.2, 0) is 13.1 Å². The number of nitrogens with zero attached hydrogens (tertiary/aromatic N) is 7. The number of amides is 1.